The molecule has 4 fully saturated rings. The van der Waals surface area contributed by atoms with E-state index in [0.717, 1.165) is 25.2 Å². The van der Waals surface area contributed by atoms with Crippen molar-refractivity contribution in [2.24, 2.45) is 5.92 Å². The number of alkyl halides is 2. The van der Waals surface area contributed by atoms with Crippen molar-refractivity contribution in [3.05, 3.63) is 0 Å². The van der Waals surface area contributed by atoms with Crippen LogP contribution in [0.1, 0.15) is 38.5 Å². The summed E-state index contributed by atoms with van der Waals surface area (Å²) in [5, 5.41) is 10.4. The third-order valence-electron chi connectivity index (χ3n) is 3.90. The standard InChI is InChI=1S/C10H14Br2O/c11-8-1-7-2-9(12,4-8)6-10(13,3-7)5-8/h7,13H,1-6H2. The Bertz CT molecular complexity index is 215. The van der Waals surface area contributed by atoms with Gasteiger partial charge < -0.3 is 5.11 Å². The van der Waals surface area contributed by atoms with Crippen molar-refractivity contribution in [1.82, 2.24) is 0 Å². The average molecular weight is 310 g/mol. The van der Waals surface area contributed by atoms with Crippen LogP contribution in [0.3, 0.4) is 0 Å². The van der Waals surface area contributed by atoms with Crippen molar-refractivity contribution in [2.75, 3.05) is 0 Å². The van der Waals surface area contributed by atoms with Crippen LogP contribution in [0.5, 0.6) is 0 Å². The summed E-state index contributed by atoms with van der Waals surface area (Å²) in [7, 11) is 0. The van der Waals surface area contributed by atoms with E-state index in [4.69, 9.17) is 0 Å². The van der Waals surface area contributed by atoms with Gasteiger partial charge in [-0.15, -0.1) is 0 Å². The monoisotopic (exact) mass is 308 g/mol. The molecule has 4 aliphatic rings. The molecule has 0 aromatic heterocycles. The van der Waals surface area contributed by atoms with Crippen LogP contribution in [0.25, 0.3) is 0 Å². The van der Waals surface area contributed by atoms with Crippen molar-refractivity contribution < 1.29 is 5.11 Å². The van der Waals surface area contributed by atoms with Gasteiger partial charge in [0.05, 0.1) is 5.60 Å². The van der Waals surface area contributed by atoms with Gasteiger partial charge in [-0.05, 0) is 44.4 Å². The Morgan fingerprint density at radius 2 is 1.46 bits per heavy atom. The van der Waals surface area contributed by atoms with Crippen LogP contribution in [0.2, 0.25) is 0 Å². The molecular formula is C10H14Br2O. The second-order valence-corrected chi connectivity index (χ2v) is 8.90. The molecule has 0 saturated heterocycles. The van der Waals surface area contributed by atoms with Crippen molar-refractivity contribution >= 4 is 31.9 Å². The molecule has 3 heteroatoms. The number of rotatable bonds is 0. The van der Waals surface area contributed by atoms with Crippen LogP contribution in [-0.4, -0.2) is 19.4 Å². The van der Waals surface area contributed by atoms with Gasteiger partial charge in [0.1, 0.15) is 0 Å². The molecule has 0 aromatic carbocycles. The Hall–Kier alpha value is 0.920. The number of hydrogen-bond acceptors (Lipinski definition) is 1. The average Bonchev–Trinajstić information content (AvgIpc) is 1.71. The van der Waals surface area contributed by atoms with Crippen LogP contribution in [0.4, 0.5) is 0 Å². The zero-order valence-electron chi connectivity index (χ0n) is 7.52. The SMILES string of the molecule is OC12CC3CC(Br)(C1)CC(Br)(C3)C2. The predicted molar refractivity (Wildman–Crippen MR) is 59.5 cm³/mol. The minimum Gasteiger partial charge on any atom is -0.390 e. The largest absolute Gasteiger partial charge is 0.390 e. The fourth-order valence-electron chi connectivity index (χ4n) is 4.16. The lowest BCUT2D eigenvalue weighted by Gasteiger charge is -2.61. The quantitative estimate of drug-likeness (QED) is 0.682. The lowest BCUT2D eigenvalue weighted by molar-refractivity contribution is -0.100. The number of hydrogen-bond donors (Lipinski definition) is 1. The van der Waals surface area contributed by atoms with Gasteiger partial charge in [0.25, 0.3) is 0 Å². The molecule has 2 unspecified atom stereocenters. The molecule has 0 radical (unpaired) electrons. The maximum atomic E-state index is 10.4. The van der Waals surface area contributed by atoms with E-state index < -0.39 is 0 Å². The molecule has 1 N–H and O–H groups in total. The van der Waals surface area contributed by atoms with Gasteiger partial charge in [0.2, 0.25) is 0 Å². The zero-order valence-corrected chi connectivity index (χ0v) is 10.7. The van der Waals surface area contributed by atoms with Gasteiger partial charge in [-0.25, -0.2) is 0 Å². The highest BCUT2D eigenvalue weighted by Gasteiger charge is 2.61. The summed E-state index contributed by atoms with van der Waals surface area (Å²) in [6, 6.07) is 0. The lowest BCUT2D eigenvalue weighted by Crippen LogP contribution is -2.61. The molecule has 4 rings (SSSR count). The van der Waals surface area contributed by atoms with E-state index in [1.165, 1.54) is 19.3 Å². The highest BCUT2D eigenvalue weighted by atomic mass is 79.9. The highest BCUT2D eigenvalue weighted by molar-refractivity contribution is 9.10. The Morgan fingerprint density at radius 3 is 1.85 bits per heavy atom. The molecule has 1 nitrogen and oxygen atoms in total. The summed E-state index contributed by atoms with van der Waals surface area (Å²) in [6.07, 6.45) is 6.69. The number of aliphatic hydroxyl groups is 1. The Balaban J connectivity index is 2.03. The first-order chi connectivity index (χ1) is 5.91. The fourth-order valence-corrected chi connectivity index (χ4v) is 7.57. The smallest absolute Gasteiger partial charge is 0.0677 e. The molecule has 0 spiro atoms. The van der Waals surface area contributed by atoms with Crippen molar-refractivity contribution in [1.29, 1.82) is 0 Å². The van der Waals surface area contributed by atoms with E-state index in [-0.39, 0.29) is 14.2 Å². The summed E-state index contributed by atoms with van der Waals surface area (Å²) >= 11 is 7.68. The molecule has 0 aliphatic heterocycles. The summed E-state index contributed by atoms with van der Waals surface area (Å²) < 4.78 is 0.481. The fraction of sp³-hybridized carbons (Fsp3) is 1.00. The van der Waals surface area contributed by atoms with E-state index in [0.29, 0.717) is 0 Å². The van der Waals surface area contributed by atoms with Gasteiger partial charge in [-0.3, -0.25) is 0 Å². The van der Waals surface area contributed by atoms with E-state index >= 15 is 0 Å². The third kappa shape index (κ3) is 1.34. The number of halogens is 2. The predicted octanol–water partition coefficient (Wildman–Crippen LogP) is 2.98. The minimum atomic E-state index is -0.369. The third-order valence-corrected chi connectivity index (χ3v) is 5.67. The Labute approximate surface area is 95.5 Å². The summed E-state index contributed by atoms with van der Waals surface area (Å²) in [5.74, 6) is 0.736. The molecule has 4 saturated carbocycles. The molecule has 0 heterocycles. The molecule has 0 amide bonds. The van der Waals surface area contributed by atoms with E-state index in [1.54, 1.807) is 0 Å². The van der Waals surface area contributed by atoms with Gasteiger partial charge in [0, 0.05) is 8.65 Å². The normalized spacial score (nSPS) is 64.4. The van der Waals surface area contributed by atoms with Crippen molar-refractivity contribution in [2.45, 2.75) is 52.8 Å². The molecular weight excluding hydrogens is 296 g/mol. The van der Waals surface area contributed by atoms with E-state index in [1.807, 2.05) is 0 Å². The highest BCUT2D eigenvalue weighted by Crippen LogP contribution is 2.64. The molecule has 0 aromatic rings. The van der Waals surface area contributed by atoms with Crippen molar-refractivity contribution in [3.63, 3.8) is 0 Å². The van der Waals surface area contributed by atoms with Crippen LogP contribution in [0, 0.1) is 5.92 Å². The van der Waals surface area contributed by atoms with Crippen LogP contribution in [0.15, 0.2) is 0 Å². The molecule has 13 heavy (non-hydrogen) atoms. The van der Waals surface area contributed by atoms with Gasteiger partial charge in [-0.1, -0.05) is 31.9 Å². The molecule has 2 atom stereocenters. The topological polar surface area (TPSA) is 20.2 Å². The minimum absolute atomic E-state index is 0.241. The van der Waals surface area contributed by atoms with Crippen LogP contribution >= 0.6 is 31.9 Å². The maximum Gasteiger partial charge on any atom is 0.0677 e. The van der Waals surface area contributed by atoms with Gasteiger partial charge in [0.15, 0.2) is 0 Å². The van der Waals surface area contributed by atoms with Gasteiger partial charge >= 0.3 is 0 Å². The molecule has 74 valence electrons. The summed E-state index contributed by atoms with van der Waals surface area (Å²) in [5.41, 5.74) is -0.369. The first-order valence-corrected chi connectivity index (χ1v) is 6.59. The summed E-state index contributed by atoms with van der Waals surface area (Å²) in [4.78, 5) is 0. The lowest BCUT2D eigenvalue weighted by atomic mass is 9.54. The van der Waals surface area contributed by atoms with E-state index in [2.05, 4.69) is 31.9 Å². The van der Waals surface area contributed by atoms with Crippen molar-refractivity contribution in [3.8, 4) is 0 Å². The molecule has 4 bridgehead atoms. The first kappa shape index (κ1) is 9.17. The molecule has 4 aliphatic carbocycles. The zero-order chi connectivity index (χ0) is 9.32. The Morgan fingerprint density at radius 1 is 0.923 bits per heavy atom. The summed E-state index contributed by atoms with van der Waals surface area (Å²) in [6.45, 7) is 0. The Kier molecular flexibility index (Phi) is 1.66. The second-order valence-electron chi connectivity index (χ2n) is 5.53. The first-order valence-electron chi connectivity index (χ1n) is 5.01. The van der Waals surface area contributed by atoms with Crippen LogP contribution < -0.4 is 0 Å². The van der Waals surface area contributed by atoms with Crippen LogP contribution in [-0.2, 0) is 0 Å². The maximum absolute atomic E-state index is 10.4. The van der Waals surface area contributed by atoms with E-state index in [9.17, 15) is 5.11 Å². The van der Waals surface area contributed by atoms with Gasteiger partial charge in [-0.2, -0.15) is 0 Å². The second kappa shape index (κ2) is 2.35.